The second-order valence-corrected chi connectivity index (χ2v) is 4.52. The molecule has 0 saturated heterocycles. The van der Waals surface area contributed by atoms with Gasteiger partial charge in [-0.2, -0.15) is 5.10 Å². The van der Waals surface area contributed by atoms with E-state index >= 15 is 0 Å². The molecule has 0 spiro atoms. The van der Waals surface area contributed by atoms with Gasteiger partial charge in [-0.25, -0.2) is 4.68 Å². The highest BCUT2D eigenvalue weighted by Gasteiger charge is 2.16. The second-order valence-electron chi connectivity index (χ2n) is 3.90. The van der Waals surface area contributed by atoms with E-state index in [2.05, 4.69) is 5.10 Å². The first-order valence-corrected chi connectivity index (χ1v) is 6.58. The van der Waals surface area contributed by atoms with Gasteiger partial charge in [-0.1, -0.05) is 17.7 Å². The number of aromatic nitrogens is 2. The van der Waals surface area contributed by atoms with Crippen molar-refractivity contribution < 1.29 is 9.47 Å². The smallest absolute Gasteiger partial charge is 0.137 e. The van der Waals surface area contributed by atoms with Gasteiger partial charge in [0, 0.05) is 18.7 Å². The van der Waals surface area contributed by atoms with Crippen LogP contribution in [0, 0.1) is 0 Å². The first-order chi connectivity index (χ1) is 9.21. The average Bonchev–Trinajstić information content (AvgIpc) is 2.75. The van der Waals surface area contributed by atoms with E-state index in [1.807, 2.05) is 24.3 Å². The summed E-state index contributed by atoms with van der Waals surface area (Å²) in [6.45, 7) is 0.374. The fraction of sp³-hybridized carbons (Fsp3) is 0.308. The number of hydrogen-bond acceptors (Lipinski definition) is 3. The summed E-state index contributed by atoms with van der Waals surface area (Å²) in [7, 11) is 3.22. The van der Waals surface area contributed by atoms with E-state index in [9.17, 15) is 0 Å². The van der Waals surface area contributed by atoms with Gasteiger partial charge in [0.25, 0.3) is 0 Å². The number of methoxy groups -OCH3 is 2. The summed E-state index contributed by atoms with van der Waals surface area (Å²) in [5.74, 6) is 1.03. The van der Waals surface area contributed by atoms with Crippen LogP contribution in [0.5, 0.6) is 5.75 Å². The van der Waals surface area contributed by atoms with Crippen molar-refractivity contribution >= 4 is 23.2 Å². The number of rotatable bonds is 5. The molecule has 0 aliphatic carbocycles. The van der Waals surface area contributed by atoms with Crippen molar-refractivity contribution in [2.24, 2.45) is 0 Å². The van der Waals surface area contributed by atoms with Crippen LogP contribution in [0.3, 0.4) is 0 Å². The Kier molecular flexibility index (Phi) is 4.69. The Morgan fingerprint density at radius 2 is 2.11 bits per heavy atom. The molecule has 0 radical (unpaired) electrons. The quantitative estimate of drug-likeness (QED) is 0.794. The van der Waals surface area contributed by atoms with Gasteiger partial charge >= 0.3 is 0 Å². The fourth-order valence-electron chi connectivity index (χ4n) is 1.77. The van der Waals surface area contributed by atoms with Crippen LogP contribution >= 0.6 is 23.2 Å². The molecule has 4 nitrogen and oxygen atoms in total. The molecule has 0 aliphatic rings. The molecule has 2 rings (SSSR count). The number of hydrogen-bond donors (Lipinski definition) is 0. The van der Waals surface area contributed by atoms with Crippen LogP contribution in [-0.4, -0.2) is 24.0 Å². The number of nitrogens with zero attached hydrogens (tertiary/aromatic N) is 2. The largest absolute Gasteiger partial charge is 0.497 e. The van der Waals surface area contributed by atoms with Gasteiger partial charge in [0.15, 0.2) is 0 Å². The molecule has 0 aliphatic heterocycles. The zero-order valence-electron chi connectivity index (χ0n) is 10.7. The third-order valence-corrected chi connectivity index (χ3v) is 3.37. The van der Waals surface area contributed by atoms with E-state index < -0.39 is 0 Å². The van der Waals surface area contributed by atoms with Crippen LogP contribution < -0.4 is 4.74 Å². The molecule has 0 saturated carbocycles. The Labute approximate surface area is 121 Å². The van der Waals surface area contributed by atoms with Gasteiger partial charge in [0.2, 0.25) is 0 Å². The van der Waals surface area contributed by atoms with Crippen molar-refractivity contribution in [3.05, 3.63) is 40.7 Å². The van der Waals surface area contributed by atoms with Gasteiger partial charge in [-0.05, 0) is 12.1 Å². The molecule has 6 heteroatoms. The Balaban J connectivity index is 2.49. The standard InChI is InChI=1S/C13H14Cl2N2O2/c1-18-8-12-11(7-14)13(15)17(16-12)9-4-3-5-10(6-9)19-2/h3-6H,7-8H2,1-2H3. The van der Waals surface area contributed by atoms with Crippen molar-refractivity contribution in [3.8, 4) is 11.4 Å². The highest BCUT2D eigenvalue weighted by molar-refractivity contribution is 6.31. The lowest BCUT2D eigenvalue weighted by atomic mass is 10.3. The summed E-state index contributed by atoms with van der Waals surface area (Å²) >= 11 is 12.2. The van der Waals surface area contributed by atoms with E-state index in [1.54, 1.807) is 18.9 Å². The molecule has 0 unspecified atom stereocenters. The van der Waals surface area contributed by atoms with Crippen LogP contribution in [0.15, 0.2) is 24.3 Å². The molecule has 1 aromatic heterocycles. The minimum Gasteiger partial charge on any atom is -0.497 e. The molecule has 0 bridgehead atoms. The first kappa shape index (κ1) is 14.2. The predicted molar refractivity (Wildman–Crippen MR) is 75.4 cm³/mol. The SMILES string of the molecule is COCc1nn(-c2cccc(OC)c2)c(Cl)c1CCl. The summed E-state index contributed by atoms with van der Waals surface area (Å²) in [5.41, 5.74) is 2.34. The normalized spacial score (nSPS) is 10.7. The Morgan fingerprint density at radius 3 is 2.74 bits per heavy atom. The molecule has 0 amide bonds. The first-order valence-electron chi connectivity index (χ1n) is 5.66. The van der Waals surface area contributed by atoms with Crippen molar-refractivity contribution in [1.29, 1.82) is 0 Å². The lowest BCUT2D eigenvalue weighted by Crippen LogP contribution is -1.98. The van der Waals surface area contributed by atoms with Crippen molar-refractivity contribution in [3.63, 3.8) is 0 Å². The summed E-state index contributed by atoms with van der Waals surface area (Å²) in [4.78, 5) is 0. The third-order valence-electron chi connectivity index (χ3n) is 2.72. The fourth-order valence-corrected chi connectivity index (χ4v) is 2.43. The van der Waals surface area contributed by atoms with Crippen LogP contribution in [0.2, 0.25) is 5.15 Å². The molecule has 0 N–H and O–H groups in total. The monoisotopic (exact) mass is 300 g/mol. The van der Waals surface area contributed by atoms with Crippen LogP contribution in [0.4, 0.5) is 0 Å². The molecule has 1 heterocycles. The molecule has 0 atom stereocenters. The van der Waals surface area contributed by atoms with E-state index in [1.165, 1.54) is 0 Å². The van der Waals surface area contributed by atoms with Gasteiger partial charge in [0.05, 0.1) is 31.0 Å². The van der Waals surface area contributed by atoms with Crippen molar-refractivity contribution in [1.82, 2.24) is 9.78 Å². The highest BCUT2D eigenvalue weighted by Crippen LogP contribution is 2.27. The predicted octanol–water partition coefficient (Wildman–Crippen LogP) is 3.42. The lowest BCUT2D eigenvalue weighted by Gasteiger charge is -2.05. The van der Waals surface area contributed by atoms with Gasteiger partial charge in [0.1, 0.15) is 10.9 Å². The number of benzene rings is 1. The second kappa shape index (κ2) is 6.28. The maximum absolute atomic E-state index is 6.32. The molecular formula is C13H14Cl2N2O2. The molecular weight excluding hydrogens is 287 g/mol. The van der Waals surface area contributed by atoms with Crippen LogP contribution in [0.25, 0.3) is 5.69 Å². The van der Waals surface area contributed by atoms with E-state index in [-0.39, 0.29) is 0 Å². The van der Waals surface area contributed by atoms with Crippen LogP contribution in [-0.2, 0) is 17.2 Å². The summed E-state index contributed by atoms with van der Waals surface area (Å²) < 4.78 is 11.9. The zero-order valence-corrected chi connectivity index (χ0v) is 12.2. The van der Waals surface area contributed by atoms with Gasteiger partial charge < -0.3 is 9.47 Å². The number of halogens is 2. The molecule has 102 valence electrons. The summed E-state index contributed by atoms with van der Waals surface area (Å²) in [6.07, 6.45) is 0. The number of alkyl halides is 1. The van der Waals surface area contributed by atoms with Gasteiger partial charge in [-0.15, -0.1) is 11.6 Å². The maximum Gasteiger partial charge on any atom is 0.137 e. The molecule has 0 fully saturated rings. The van der Waals surface area contributed by atoms with Crippen molar-refractivity contribution in [2.75, 3.05) is 14.2 Å². The minimum atomic E-state index is 0.293. The van der Waals surface area contributed by atoms with E-state index in [0.717, 1.165) is 22.7 Å². The molecule has 2 aromatic rings. The summed E-state index contributed by atoms with van der Waals surface area (Å²) in [5, 5.41) is 4.93. The zero-order chi connectivity index (χ0) is 13.8. The molecule has 19 heavy (non-hydrogen) atoms. The van der Waals surface area contributed by atoms with Gasteiger partial charge in [-0.3, -0.25) is 0 Å². The Hall–Kier alpha value is -1.23. The number of ether oxygens (including phenoxy) is 2. The molecule has 1 aromatic carbocycles. The van der Waals surface area contributed by atoms with E-state index in [4.69, 9.17) is 32.7 Å². The average molecular weight is 301 g/mol. The third kappa shape index (κ3) is 2.86. The topological polar surface area (TPSA) is 36.3 Å². The Morgan fingerprint density at radius 1 is 1.32 bits per heavy atom. The lowest BCUT2D eigenvalue weighted by molar-refractivity contribution is 0.180. The highest BCUT2D eigenvalue weighted by atomic mass is 35.5. The van der Waals surface area contributed by atoms with E-state index in [0.29, 0.717) is 17.6 Å². The van der Waals surface area contributed by atoms with Crippen molar-refractivity contribution in [2.45, 2.75) is 12.5 Å². The van der Waals surface area contributed by atoms with Crippen LogP contribution in [0.1, 0.15) is 11.3 Å². The maximum atomic E-state index is 6.32. The minimum absolute atomic E-state index is 0.293. The Bertz CT molecular complexity index is 570. The summed E-state index contributed by atoms with van der Waals surface area (Å²) in [6, 6.07) is 7.49.